The highest BCUT2D eigenvalue weighted by molar-refractivity contribution is 5.28. The topological polar surface area (TPSA) is 48.3 Å². The molecule has 25 heavy (non-hydrogen) atoms. The summed E-state index contributed by atoms with van der Waals surface area (Å²) in [6, 6.07) is 6.68. The zero-order valence-corrected chi connectivity index (χ0v) is 13.8. The number of aromatic nitrogens is 2. The van der Waals surface area contributed by atoms with Crippen molar-refractivity contribution in [2.45, 2.75) is 18.7 Å². The third kappa shape index (κ3) is 4.52. The summed E-state index contributed by atoms with van der Waals surface area (Å²) in [6.45, 7) is 2.59. The Morgan fingerprint density at radius 1 is 1.32 bits per heavy atom. The zero-order valence-electron chi connectivity index (χ0n) is 13.8. The number of nitrogens with one attached hydrogen (secondary N) is 1. The molecule has 5 nitrogen and oxygen atoms in total. The van der Waals surface area contributed by atoms with Crippen LogP contribution >= 0.6 is 0 Å². The third-order valence-electron chi connectivity index (χ3n) is 4.06. The normalized spacial score (nSPS) is 18.3. The van der Waals surface area contributed by atoms with Gasteiger partial charge in [-0.1, -0.05) is 0 Å². The molecular weight excluding hydrogens is 335 g/mol. The zero-order chi connectivity index (χ0) is 17.9. The van der Waals surface area contributed by atoms with E-state index in [4.69, 9.17) is 9.47 Å². The summed E-state index contributed by atoms with van der Waals surface area (Å²) in [5.74, 6) is 0.412. The van der Waals surface area contributed by atoms with Gasteiger partial charge in [-0.15, -0.1) is 0 Å². The average Bonchev–Trinajstić information content (AvgIpc) is 2.96. The Morgan fingerprint density at radius 2 is 2.08 bits per heavy atom. The SMILES string of the molecule is Cn1nc([C@H]2CNCCO2)cc1CCOc1ccc(C(F)(F)F)cc1. The van der Waals surface area contributed by atoms with Gasteiger partial charge < -0.3 is 14.8 Å². The van der Waals surface area contributed by atoms with Crippen LogP contribution in [0.5, 0.6) is 5.75 Å². The lowest BCUT2D eigenvalue weighted by molar-refractivity contribution is -0.137. The first-order valence-corrected chi connectivity index (χ1v) is 8.08. The Morgan fingerprint density at radius 3 is 2.72 bits per heavy atom. The molecule has 2 aromatic rings. The smallest absolute Gasteiger partial charge is 0.416 e. The number of morpholine rings is 1. The van der Waals surface area contributed by atoms with E-state index >= 15 is 0 Å². The molecule has 0 amide bonds. The number of nitrogens with zero attached hydrogens (tertiary/aromatic N) is 2. The molecule has 2 heterocycles. The van der Waals surface area contributed by atoms with E-state index in [2.05, 4.69) is 10.4 Å². The second kappa shape index (κ2) is 7.45. The molecule has 1 atom stereocenters. The van der Waals surface area contributed by atoms with E-state index in [9.17, 15) is 13.2 Å². The minimum Gasteiger partial charge on any atom is -0.493 e. The fraction of sp³-hybridized carbons (Fsp3) is 0.471. The summed E-state index contributed by atoms with van der Waals surface area (Å²) in [5, 5.41) is 7.73. The van der Waals surface area contributed by atoms with Crippen molar-refractivity contribution in [3.8, 4) is 5.75 Å². The van der Waals surface area contributed by atoms with Crippen LogP contribution in [0.15, 0.2) is 30.3 Å². The van der Waals surface area contributed by atoms with Gasteiger partial charge in [-0.25, -0.2) is 0 Å². The molecular formula is C17H20F3N3O2. The fourth-order valence-electron chi connectivity index (χ4n) is 2.69. The van der Waals surface area contributed by atoms with Gasteiger partial charge in [-0.2, -0.15) is 18.3 Å². The van der Waals surface area contributed by atoms with Crippen molar-refractivity contribution in [2.75, 3.05) is 26.3 Å². The van der Waals surface area contributed by atoms with Gasteiger partial charge in [-0.05, 0) is 30.3 Å². The Bertz CT molecular complexity index is 692. The summed E-state index contributed by atoms with van der Waals surface area (Å²) in [5.41, 5.74) is 1.17. The van der Waals surface area contributed by atoms with Crippen molar-refractivity contribution in [3.63, 3.8) is 0 Å². The average molecular weight is 355 g/mol. The summed E-state index contributed by atoms with van der Waals surface area (Å²) >= 11 is 0. The van der Waals surface area contributed by atoms with Crippen molar-refractivity contribution < 1.29 is 22.6 Å². The lowest BCUT2D eigenvalue weighted by Gasteiger charge is -2.21. The van der Waals surface area contributed by atoms with E-state index in [-0.39, 0.29) is 6.10 Å². The molecule has 1 aromatic heterocycles. The van der Waals surface area contributed by atoms with Crippen molar-refractivity contribution in [3.05, 3.63) is 47.3 Å². The van der Waals surface area contributed by atoms with Gasteiger partial charge in [0.05, 0.1) is 24.5 Å². The van der Waals surface area contributed by atoms with E-state index in [1.807, 2.05) is 13.1 Å². The molecule has 1 fully saturated rings. The molecule has 0 unspecified atom stereocenters. The van der Waals surface area contributed by atoms with Crippen molar-refractivity contribution >= 4 is 0 Å². The largest absolute Gasteiger partial charge is 0.493 e. The molecule has 0 bridgehead atoms. The van der Waals surface area contributed by atoms with Gasteiger partial charge in [-0.3, -0.25) is 4.68 Å². The van der Waals surface area contributed by atoms with Gasteiger partial charge >= 0.3 is 6.18 Å². The number of rotatable bonds is 5. The number of hydrogen-bond acceptors (Lipinski definition) is 4. The molecule has 1 aliphatic heterocycles. The van der Waals surface area contributed by atoms with Crippen LogP contribution in [0, 0.1) is 0 Å². The van der Waals surface area contributed by atoms with E-state index in [1.54, 1.807) is 4.68 Å². The first-order valence-electron chi connectivity index (χ1n) is 8.08. The van der Waals surface area contributed by atoms with Gasteiger partial charge in [0.2, 0.25) is 0 Å². The van der Waals surface area contributed by atoms with E-state index < -0.39 is 11.7 Å². The fourth-order valence-corrected chi connectivity index (χ4v) is 2.69. The standard InChI is InChI=1S/C17H20F3N3O2/c1-23-13(10-15(22-23)16-11-21-7-9-25-16)6-8-24-14-4-2-12(3-5-14)17(18,19)20/h2-5,10,16,21H,6-9,11H2,1H3/t16-/m1/s1. The number of aryl methyl sites for hydroxylation is 1. The second-order valence-electron chi connectivity index (χ2n) is 5.87. The number of benzene rings is 1. The second-order valence-corrected chi connectivity index (χ2v) is 5.87. The van der Waals surface area contributed by atoms with E-state index in [0.29, 0.717) is 25.4 Å². The van der Waals surface area contributed by atoms with Gasteiger partial charge in [0.15, 0.2) is 0 Å². The van der Waals surface area contributed by atoms with Crippen LogP contribution < -0.4 is 10.1 Å². The molecule has 8 heteroatoms. The van der Waals surface area contributed by atoms with E-state index in [1.165, 1.54) is 12.1 Å². The lowest BCUT2D eigenvalue weighted by Crippen LogP contribution is -2.33. The Balaban J connectivity index is 1.54. The predicted octanol–water partition coefficient (Wildman–Crippen LogP) is 2.72. The Labute approximate surface area is 143 Å². The molecule has 1 saturated heterocycles. The first-order chi connectivity index (χ1) is 11.9. The monoisotopic (exact) mass is 355 g/mol. The van der Waals surface area contributed by atoms with Crippen LogP contribution in [0.2, 0.25) is 0 Å². The number of hydrogen-bond donors (Lipinski definition) is 1. The lowest BCUT2D eigenvalue weighted by atomic mass is 10.2. The molecule has 1 aliphatic rings. The predicted molar refractivity (Wildman–Crippen MR) is 85.4 cm³/mol. The number of alkyl halides is 3. The highest BCUT2D eigenvalue weighted by Crippen LogP contribution is 2.30. The van der Waals surface area contributed by atoms with Gasteiger partial charge in [0.25, 0.3) is 0 Å². The maximum Gasteiger partial charge on any atom is 0.416 e. The maximum absolute atomic E-state index is 12.5. The van der Waals surface area contributed by atoms with Crippen LogP contribution in [-0.4, -0.2) is 36.1 Å². The summed E-state index contributed by atoms with van der Waals surface area (Å²) in [6.07, 6.45) is -3.78. The molecule has 3 rings (SSSR count). The number of halogens is 3. The molecule has 1 N–H and O–H groups in total. The molecule has 0 saturated carbocycles. The molecule has 0 radical (unpaired) electrons. The van der Waals surface area contributed by atoms with Gasteiger partial charge in [0, 0.05) is 32.3 Å². The first kappa shape index (κ1) is 17.8. The number of ether oxygens (including phenoxy) is 2. The molecule has 136 valence electrons. The van der Waals surface area contributed by atoms with Crippen LogP contribution in [0.3, 0.4) is 0 Å². The van der Waals surface area contributed by atoms with Crippen molar-refractivity contribution in [1.82, 2.24) is 15.1 Å². The summed E-state index contributed by atoms with van der Waals surface area (Å²) < 4.78 is 50.6. The Hall–Kier alpha value is -2.06. The molecule has 1 aromatic carbocycles. The van der Waals surface area contributed by atoms with Crippen LogP contribution in [-0.2, 0) is 24.4 Å². The maximum atomic E-state index is 12.5. The van der Waals surface area contributed by atoms with Crippen molar-refractivity contribution in [2.24, 2.45) is 7.05 Å². The van der Waals surface area contributed by atoms with Gasteiger partial charge in [0.1, 0.15) is 11.9 Å². The van der Waals surface area contributed by atoms with Crippen LogP contribution in [0.25, 0.3) is 0 Å². The Kier molecular flexibility index (Phi) is 5.29. The molecule has 0 spiro atoms. The van der Waals surface area contributed by atoms with Crippen molar-refractivity contribution in [1.29, 1.82) is 0 Å². The summed E-state index contributed by atoms with van der Waals surface area (Å²) in [7, 11) is 1.85. The molecule has 0 aliphatic carbocycles. The third-order valence-corrected chi connectivity index (χ3v) is 4.06. The highest BCUT2D eigenvalue weighted by Gasteiger charge is 2.30. The van der Waals surface area contributed by atoms with Crippen LogP contribution in [0.4, 0.5) is 13.2 Å². The minimum atomic E-state index is -4.33. The van der Waals surface area contributed by atoms with Crippen LogP contribution in [0.1, 0.15) is 23.1 Å². The minimum absolute atomic E-state index is 0.0514. The highest BCUT2D eigenvalue weighted by atomic mass is 19.4. The quantitative estimate of drug-likeness (QED) is 0.896. The van der Waals surface area contributed by atoms with E-state index in [0.717, 1.165) is 36.6 Å². The summed E-state index contributed by atoms with van der Waals surface area (Å²) in [4.78, 5) is 0.